The quantitative estimate of drug-likeness (QED) is 0.109. The number of ether oxygens (including phenoxy) is 2. The van der Waals surface area contributed by atoms with Crippen LogP contribution in [0.2, 0.25) is 0 Å². The van der Waals surface area contributed by atoms with Crippen LogP contribution in [0.3, 0.4) is 0 Å². The van der Waals surface area contributed by atoms with Crippen LogP contribution in [0, 0.1) is 11.6 Å². The van der Waals surface area contributed by atoms with Crippen molar-refractivity contribution < 1.29 is 23.0 Å². The summed E-state index contributed by atoms with van der Waals surface area (Å²) >= 11 is 1.44. The van der Waals surface area contributed by atoms with E-state index in [9.17, 15) is 9.18 Å². The highest BCUT2D eigenvalue weighted by Gasteiger charge is 2.31. The number of benzene rings is 2. The Bertz CT molecular complexity index is 2240. The van der Waals surface area contributed by atoms with Crippen molar-refractivity contribution in [3.05, 3.63) is 84.0 Å². The van der Waals surface area contributed by atoms with Gasteiger partial charge in [-0.1, -0.05) is 12.6 Å². The van der Waals surface area contributed by atoms with Crippen molar-refractivity contribution in [2.45, 2.75) is 26.1 Å². The molecule has 5 heterocycles. The average molecular weight is 698 g/mol. The summed E-state index contributed by atoms with van der Waals surface area (Å²) in [5.41, 5.74) is 4.81. The number of rotatable bonds is 11. The van der Waals surface area contributed by atoms with Gasteiger partial charge in [-0.15, -0.1) is 11.3 Å². The van der Waals surface area contributed by atoms with E-state index in [1.54, 1.807) is 4.90 Å². The zero-order chi connectivity index (χ0) is 35.1. The van der Waals surface area contributed by atoms with Crippen molar-refractivity contribution in [2.24, 2.45) is 0 Å². The number of pyridine rings is 1. The Morgan fingerprint density at radius 1 is 1.10 bits per heavy atom. The SMILES string of the molecule is C=CC(=O)N1CCn2nc(-c3nc(-c4ccc5c(cnn5CCN(C)C)c4)c4ccsc4c3-c3c(F)cc(F)cc3OCCOC)cc2[C@H]1C. The van der Waals surface area contributed by atoms with Gasteiger partial charge in [0.05, 0.1) is 54.4 Å². The monoisotopic (exact) mass is 697 g/mol. The van der Waals surface area contributed by atoms with E-state index in [0.717, 1.165) is 51.4 Å². The van der Waals surface area contributed by atoms with E-state index >= 15 is 4.39 Å². The maximum atomic E-state index is 16.2. The molecule has 13 heteroatoms. The first-order valence-corrected chi connectivity index (χ1v) is 17.2. The van der Waals surface area contributed by atoms with Crippen LogP contribution in [0.5, 0.6) is 5.75 Å². The number of halogens is 2. The van der Waals surface area contributed by atoms with Gasteiger partial charge in [-0.25, -0.2) is 13.8 Å². The third kappa shape index (κ3) is 6.05. The first kappa shape index (κ1) is 33.5. The summed E-state index contributed by atoms with van der Waals surface area (Å²) in [7, 11) is 5.59. The molecular formula is C37H37F2N7O3S. The van der Waals surface area contributed by atoms with Crippen LogP contribution in [-0.2, 0) is 22.6 Å². The van der Waals surface area contributed by atoms with Gasteiger partial charge in [0.15, 0.2) is 0 Å². The van der Waals surface area contributed by atoms with E-state index in [2.05, 4.69) is 22.6 Å². The summed E-state index contributed by atoms with van der Waals surface area (Å²) in [6.07, 6.45) is 3.17. The van der Waals surface area contributed by atoms with Gasteiger partial charge in [0.1, 0.15) is 35.4 Å². The predicted molar refractivity (Wildman–Crippen MR) is 191 cm³/mol. The van der Waals surface area contributed by atoms with E-state index < -0.39 is 11.6 Å². The maximum Gasteiger partial charge on any atom is 0.246 e. The third-order valence-electron chi connectivity index (χ3n) is 9.06. The molecule has 0 spiro atoms. The number of hydrogen-bond donors (Lipinski definition) is 0. The Hall–Kier alpha value is -4.98. The number of amides is 1. The Kier molecular flexibility index (Phi) is 9.21. The van der Waals surface area contributed by atoms with Crippen molar-refractivity contribution in [3.8, 4) is 39.5 Å². The van der Waals surface area contributed by atoms with E-state index in [1.165, 1.54) is 30.6 Å². The summed E-state index contributed by atoms with van der Waals surface area (Å²) < 4.78 is 46.6. The Balaban J connectivity index is 1.45. The molecule has 4 aromatic heterocycles. The lowest BCUT2D eigenvalue weighted by atomic mass is 9.96. The van der Waals surface area contributed by atoms with Crippen molar-refractivity contribution in [3.63, 3.8) is 0 Å². The van der Waals surface area contributed by atoms with E-state index in [4.69, 9.17) is 19.6 Å². The van der Waals surface area contributed by atoms with Crippen LogP contribution in [-0.4, -0.2) is 87.8 Å². The summed E-state index contributed by atoms with van der Waals surface area (Å²) in [5.74, 6) is -1.67. The standard InChI is InChI=1S/C37H37F2N7O3S/c1-6-32(47)44-11-13-46-30(22(44)2)20-28(42-46)36-34(33-27(39)18-25(38)19-31(33)49-15-14-48-5)37-26(9-16-50-37)35(41-36)23-7-8-29-24(17-23)21-40-45(29)12-10-43(3)4/h6-9,16-22H,1,10-15H2,2-5H3/t22-/m1/s1. The molecule has 2 aromatic carbocycles. The lowest BCUT2D eigenvalue weighted by Gasteiger charge is -2.33. The third-order valence-corrected chi connectivity index (χ3v) is 9.99. The minimum Gasteiger partial charge on any atom is -0.490 e. The van der Waals surface area contributed by atoms with Crippen molar-refractivity contribution in [1.82, 2.24) is 34.3 Å². The fraction of sp³-hybridized carbons (Fsp3) is 0.297. The van der Waals surface area contributed by atoms with Gasteiger partial charge in [-0.2, -0.15) is 10.2 Å². The molecule has 1 atom stereocenters. The molecule has 7 rings (SSSR count). The normalized spacial score (nSPS) is 14.5. The second-order valence-corrected chi connectivity index (χ2v) is 13.4. The first-order chi connectivity index (χ1) is 24.2. The van der Waals surface area contributed by atoms with Crippen molar-refractivity contribution >= 4 is 38.2 Å². The fourth-order valence-electron chi connectivity index (χ4n) is 6.55. The molecule has 1 amide bonds. The molecule has 258 valence electrons. The van der Waals surface area contributed by atoms with Crippen LogP contribution in [0.4, 0.5) is 8.78 Å². The topological polar surface area (TPSA) is 90.5 Å². The lowest BCUT2D eigenvalue weighted by Crippen LogP contribution is -2.40. The smallest absolute Gasteiger partial charge is 0.246 e. The molecular weight excluding hydrogens is 661 g/mol. The number of hydrogen-bond acceptors (Lipinski definition) is 8. The minimum absolute atomic E-state index is 0.0386. The summed E-state index contributed by atoms with van der Waals surface area (Å²) in [4.78, 5) is 21.8. The molecule has 0 fully saturated rings. The van der Waals surface area contributed by atoms with E-state index in [0.29, 0.717) is 35.7 Å². The fourth-order valence-corrected chi connectivity index (χ4v) is 7.50. The molecule has 0 aliphatic carbocycles. The molecule has 1 aliphatic rings. The highest BCUT2D eigenvalue weighted by atomic mass is 32.1. The van der Waals surface area contributed by atoms with Gasteiger partial charge in [0, 0.05) is 58.9 Å². The van der Waals surface area contributed by atoms with Gasteiger partial charge in [0.2, 0.25) is 5.91 Å². The zero-order valence-corrected chi connectivity index (χ0v) is 29.1. The molecule has 0 unspecified atom stereocenters. The Labute approximate surface area is 292 Å². The number of likely N-dealkylation sites (N-methyl/N-ethyl adjacent to an activating group) is 1. The molecule has 1 aliphatic heterocycles. The number of aromatic nitrogens is 5. The van der Waals surface area contributed by atoms with Gasteiger partial charge >= 0.3 is 0 Å². The largest absolute Gasteiger partial charge is 0.490 e. The summed E-state index contributed by atoms with van der Waals surface area (Å²) in [6.45, 7) is 8.45. The average Bonchev–Trinajstić information content (AvgIpc) is 3.85. The number of carbonyl (C=O) groups is 1. The Morgan fingerprint density at radius 2 is 1.94 bits per heavy atom. The molecule has 0 saturated heterocycles. The first-order valence-electron chi connectivity index (χ1n) is 16.3. The molecule has 10 nitrogen and oxygen atoms in total. The molecule has 0 N–H and O–H groups in total. The lowest BCUT2D eigenvalue weighted by molar-refractivity contribution is -0.129. The van der Waals surface area contributed by atoms with Crippen molar-refractivity contribution in [1.29, 1.82) is 0 Å². The second kappa shape index (κ2) is 13.7. The number of fused-ring (bicyclic) bond motifs is 3. The van der Waals surface area contributed by atoms with Crippen LogP contribution >= 0.6 is 11.3 Å². The summed E-state index contributed by atoms with van der Waals surface area (Å²) in [6, 6.07) is 11.8. The van der Waals surface area contributed by atoms with Gasteiger partial charge < -0.3 is 19.3 Å². The maximum absolute atomic E-state index is 16.2. The molecule has 0 saturated carbocycles. The Morgan fingerprint density at radius 3 is 2.72 bits per heavy atom. The minimum atomic E-state index is -0.783. The molecule has 0 radical (unpaired) electrons. The predicted octanol–water partition coefficient (Wildman–Crippen LogP) is 6.80. The zero-order valence-electron chi connectivity index (χ0n) is 28.3. The second-order valence-electron chi connectivity index (χ2n) is 12.5. The number of nitrogens with zero attached hydrogens (tertiary/aromatic N) is 7. The molecule has 0 bridgehead atoms. The summed E-state index contributed by atoms with van der Waals surface area (Å²) in [5, 5.41) is 13.3. The van der Waals surface area contributed by atoms with Crippen molar-refractivity contribution in [2.75, 3.05) is 47.5 Å². The molecule has 50 heavy (non-hydrogen) atoms. The van der Waals surface area contributed by atoms with E-state index in [-0.39, 0.29) is 36.5 Å². The molecule has 6 aromatic rings. The van der Waals surface area contributed by atoms with Crippen LogP contribution in [0.15, 0.2) is 66.7 Å². The number of methoxy groups -OCH3 is 1. The van der Waals surface area contributed by atoms with Crippen LogP contribution < -0.4 is 4.74 Å². The highest BCUT2D eigenvalue weighted by Crippen LogP contribution is 2.47. The van der Waals surface area contributed by atoms with Crippen LogP contribution in [0.1, 0.15) is 18.7 Å². The van der Waals surface area contributed by atoms with Gasteiger partial charge in [-0.05, 0) is 56.7 Å². The van der Waals surface area contributed by atoms with Gasteiger partial charge in [-0.3, -0.25) is 14.2 Å². The van der Waals surface area contributed by atoms with Crippen LogP contribution in [0.25, 0.3) is 54.8 Å². The van der Waals surface area contributed by atoms with Gasteiger partial charge in [0.25, 0.3) is 0 Å². The van der Waals surface area contributed by atoms with E-state index in [1.807, 2.05) is 66.2 Å². The number of thiophene rings is 1. The highest BCUT2D eigenvalue weighted by molar-refractivity contribution is 7.18. The number of carbonyl (C=O) groups excluding carboxylic acids is 1.